The van der Waals surface area contributed by atoms with Gasteiger partial charge in [0, 0.05) is 12.3 Å². The molecule has 0 spiro atoms. The average Bonchev–Trinajstić information content (AvgIpc) is 3.05. The molecule has 182 valence electrons. The first kappa shape index (κ1) is 29.0. The van der Waals surface area contributed by atoms with Gasteiger partial charge in [0.15, 0.2) is 0 Å². The zero-order valence-electron chi connectivity index (χ0n) is 22.3. The lowest BCUT2D eigenvalue weighted by molar-refractivity contribution is -0.127. The van der Waals surface area contributed by atoms with Gasteiger partial charge in [-0.05, 0) is 66.0 Å². The van der Waals surface area contributed by atoms with Crippen molar-refractivity contribution >= 4 is 11.6 Å². The molecule has 0 amide bonds. The predicted octanol–water partition coefficient (Wildman–Crippen LogP) is 8.10. The Labute approximate surface area is 207 Å². The second kappa shape index (κ2) is 15.0. The van der Waals surface area contributed by atoms with Crippen molar-refractivity contribution < 1.29 is 9.59 Å². The fourth-order valence-electron chi connectivity index (χ4n) is 3.48. The summed E-state index contributed by atoms with van der Waals surface area (Å²) in [6.45, 7) is 16.3. The Morgan fingerprint density at radius 1 is 0.647 bits per heavy atom. The molecule has 1 saturated carbocycles. The molecular formula is C32H42O2. The Morgan fingerprint density at radius 2 is 1.09 bits per heavy atom. The second-order valence-corrected chi connectivity index (χ2v) is 9.30. The highest BCUT2D eigenvalue weighted by molar-refractivity contribution is 6.09. The highest BCUT2D eigenvalue weighted by Crippen LogP contribution is 2.25. The summed E-state index contributed by atoms with van der Waals surface area (Å²) < 4.78 is 0. The van der Waals surface area contributed by atoms with E-state index >= 15 is 0 Å². The van der Waals surface area contributed by atoms with Gasteiger partial charge >= 0.3 is 0 Å². The zero-order valence-corrected chi connectivity index (χ0v) is 22.3. The molecule has 34 heavy (non-hydrogen) atoms. The van der Waals surface area contributed by atoms with Crippen LogP contribution in [0, 0.1) is 53.4 Å². The molecule has 0 radical (unpaired) electrons. The lowest BCUT2D eigenvalue weighted by Gasteiger charge is -2.00. The van der Waals surface area contributed by atoms with E-state index in [1.807, 2.05) is 6.92 Å². The highest BCUT2D eigenvalue weighted by atomic mass is 16.2. The van der Waals surface area contributed by atoms with E-state index in [4.69, 9.17) is 0 Å². The van der Waals surface area contributed by atoms with E-state index in [1.165, 1.54) is 33.4 Å². The predicted molar refractivity (Wildman–Crippen MR) is 145 cm³/mol. The molecule has 1 fully saturated rings. The second-order valence-electron chi connectivity index (χ2n) is 9.30. The summed E-state index contributed by atoms with van der Waals surface area (Å²) in [4.78, 5) is 22.1. The topological polar surface area (TPSA) is 34.1 Å². The van der Waals surface area contributed by atoms with E-state index in [-0.39, 0.29) is 23.4 Å². The van der Waals surface area contributed by atoms with Gasteiger partial charge in [0.1, 0.15) is 11.6 Å². The number of hydrogen-bond acceptors (Lipinski definition) is 2. The lowest BCUT2D eigenvalue weighted by Crippen LogP contribution is -2.12. The maximum Gasteiger partial charge on any atom is 0.146 e. The standard InChI is InChI=1S/C8H12O2.3C8H10/c1-3-6-4-7(9)5(2)8(6)10;1-7-3-5-8(2)6-4-7;1-7-4-3-5-8(2)6-7;1-7-5-3-4-6-8(7)2/h5-6H,3-4H2,1-2H3;3*3-6H,1-2H3. The fourth-order valence-corrected chi connectivity index (χ4v) is 3.48. The molecule has 3 aromatic rings. The van der Waals surface area contributed by atoms with E-state index in [0.29, 0.717) is 6.42 Å². The van der Waals surface area contributed by atoms with Gasteiger partial charge in [-0.2, -0.15) is 0 Å². The monoisotopic (exact) mass is 458 g/mol. The number of rotatable bonds is 1. The molecule has 0 heterocycles. The number of Topliss-reactive ketones (excluding diaryl/α,β-unsaturated/α-hetero) is 2. The van der Waals surface area contributed by atoms with Crippen molar-refractivity contribution in [2.24, 2.45) is 11.8 Å². The van der Waals surface area contributed by atoms with Gasteiger partial charge in [0.05, 0.1) is 5.92 Å². The number of carbonyl (C=O) groups excluding carboxylic acids is 2. The SMILES string of the molecule is CCC1CC(=O)C(C)C1=O.Cc1ccc(C)cc1.Cc1cccc(C)c1.Cc1ccccc1C. The molecule has 0 bridgehead atoms. The molecule has 2 heteroatoms. The van der Waals surface area contributed by atoms with Gasteiger partial charge in [0.25, 0.3) is 0 Å². The molecule has 2 unspecified atom stereocenters. The van der Waals surface area contributed by atoms with Crippen molar-refractivity contribution in [2.75, 3.05) is 0 Å². The molecule has 2 nitrogen and oxygen atoms in total. The summed E-state index contributed by atoms with van der Waals surface area (Å²) in [5.41, 5.74) is 8.07. The van der Waals surface area contributed by atoms with Crippen molar-refractivity contribution in [3.05, 3.63) is 106 Å². The Hall–Kier alpha value is -3.00. The van der Waals surface area contributed by atoms with Crippen LogP contribution in [-0.2, 0) is 9.59 Å². The molecule has 1 aliphatic carbocycles. The molecule has 0 N–H and O–H groups in total. The molecule has 0 saturated heterocycles. The number of carbonyl (C=O) groups is 2. The third-order valence-corrected chi connectivity index (χ3v) is 6.07. The van der Waals surface area contributed by atoms with Crippen molar-refractivity contribution in [1.82, 2.24) is 0 Å². The minimum absolute atomic E-state index is 0.0301. The van der Waals surface area contributed by atoms with Crippen molar-refractivity contribution in [1.29, 1.82) is 0 Å². The van der Waals surface area contributed by atoms with Crippen LogP contribution in [0.2, 0.25) is 0 Å². The smallest absolute Gasteiger partial charge is 0.146 e. The first-order valence-electron chi connectivity index (χ1n) is 12.2. The minimum Gasteiger partial charge on any atom is -0.299 e. The number of hydrogen-bond donors (Lipinski definition) is 0. The Bertz CT molecular complexity index is 972. The van der Waals surface area contributed by atoms with E-state index < -0.39 is 0 Å². The van der Waals surface area contributed by atoms with Crippen LogP contribution in [0.1, 0.15) is 60.1 Å². The van der Waals surface area contributed by atoms with Crippen LogP contribution >= 0.6 is 0 Å². The van der Waals surface area contributed by atoms with Crippen molar-refractivity contribution in [2.45, 2.75) is 68.2 Å². The first-order chi connectivity index (χ1) is 16.0. The summed E-state index contributed by atoms with van der Waals surface area (Å²) >= 11 is 0. The third kappa shape index (κ3) is 10.7. The number of aryl methyl sites for hydroxylation is 6. The van der Waals surface area contributed by atoms with Gasteiger partial charge in [-0.25, -0.2) is 0 Å². The summed E-state index contributed by atoms with van der Waals surface area (Å²) in [6, 6.07) is 25.3. The Morgan fingerprint density at radius 3 is 1.32 bits per heavy atom. The van der Waals surface area contributed by atoms with E-state index in [1.54, 1.807) is 6.92 Å². The molecule has 2 atom stereocenters. The normalized spacial score (nSPS) is 16.4. The van der Waals surface area contributed by atoms with E-state index in [2.05, 4.69) is 114 Å². The lowest BCUT2D eigenvalue weighted by atomic mass is 10.0. The maximum atomic E-state index is 11.1. The van der Waals surface area contributed by atoms with Gasteiger partial charge in [0.2, 0.25) is 0 Å². The quantitative estimate of drug-likeness (QED) is 0.345. The van der Waals surface area contributed by atoms with Crippen LogP contribution in [0.25, 0.3) is 0 Å². The number of benzene rings is 3. The van der Waals surface area contributed by atoms with Crippen LogP contribution in [0.15, 0.2) is 72.8 Å². The molecule has 0 aliphatic heterocycles. The number of ketones is 2. The molecular weight excluding hydrogens is 416 g/mol. The van der Waals surface area contributed by atoms with Crippen molar-refractivity contribution in [3.63, 3.8) is 0 Å². The minimum atomic E-state index is -0.315. The molecule has 1 aliphatic rings. The Kier molecular flexibility index (Phi) is 12.8. The van der Waals surface area contributed by atoms with E-state index in [0.717, 1.165) is 6.42 Å². The van der Waals surface area contributed by atoms with Gasteiger partial charge in [-0.15, -0.1) is 0 Å². The first-order valence-corrected chi connectivity index (χ1v) is 12.2. The maximum absolute atomic E-state index is 11.1. The summed E-state index contributed by atoms with van der Waals surface area (Å²) in [7, 11) is 0. The highest BCUT2D eigenvalue weighted by Gasteiger charge is 2.36. The largest absolute Gasteiger partial charge is 0.299 e. The van der Waals surface area contributed by atoms with Crippen LogP contribution in [0.3, 0.4) is 0 Å². The van der Waals surface area contributed by atoms with Crippen LogP contribution in [0.5, 0.6) is 0 Å². The molecule has 4 rings (SSSR count). The van der Waals surface area contributed by atoms with Crippen molar-refractivity contribution in [3.8, 4) is 0 Å². The van der Waals surface area contributed by atoms with Gasteiger partial charge in [-0.3, -0.25) is 9.59 Å². The van der Waals surface area contributed by atoms with Crippen LogP contribution in [-0.4, -0.2) is 11.6 Å². The average molecular weight is 459 g/mol. The molecule has 3 aromatic carbocycles. The fraction of sp³-hybridized carbons (Fsp3) is 0.375. The van der Waals surface area contributed by atoms with Gasteiger partial charge in [-0.1, -0.05) is 102 Å². The summed E-state index contributed by atoms with van der Waals surface area (Å²) in [5.74, 6) is -0.0169. The Balaban J connectivity index is 0.000000228. The van der Waals surface area contributed by atoms with Crippen LogP contribution < -0.4 is 0 Å². The summed E-state index contributed by atoms with van der Waals surface area (Å²) in [6.07, 6.45) is 1.30. The van der Waals surface area contributed by atoms with E-state index in [9.17, 15) is 9.59 Å². The summed E-state index contributed by atoms with van der Waals surface area (Å²) in [5, 5.41) is 0. The van der Waals surface area contributed by atoms with Gasteiger partial charge < -0.3 is 0 Å². The third-order valence-electron chi connectivity index (χ3n) is 6.07. The van der Waals surface area contributed by atoms with Crippen LogP contribution in [0.4, 0.5) is 0 Å². The molecule has 0 aromatic heterocycles. The zero-order chi connectivity index (χ0) is 25.7.